The molecule has 0 aliphatic rings. The van der Waals surface area contributed by atoms with Gasteiger partial charge in [-0.25, -0.2) is 9.59 Å². The number of primary amides is 1. The second-order valence-corrected chi connectivity index (χ2v) is 11.1. The highest BCUT2D eigenvalue weighted by molar-refractivity contribution is 6.08. The lowest BCUT2D eigenvalue weighted by molar-refractivity contribution is -0.193. The van der Waals surface area contributed by atoms with Gasteiger partial charge in [-0.05, 0) is 49.1 Å². The molecule has 1 heterocycles. The van der Waals surface area contributed by atoms with Crippen LogP contribution in [0.15, 0.2) is 66.9 Å². The molecule has 19 heteroatoms. The van der Waals surface area contributed by atoms with E-state index in [1.54, 1.807) is 6.07 Å². The number of carboxylic acids is 2. The van der Waals surface area contributed by atoms with Crippen molar-refractivity contribution < 1.29 is 70.6 Å². The first-order valence-electron chi connectivity index (χ1n) is 16.4. The van der Waals surface area contributed by atoms with Crippen molar-refractivity contribution in [1.29, 1.82) is 0 Å². The zero-order chi connectivity index (χ0) is 41.5. The fourth-order valence-electron chi connectivity index (χ4n) is 4.93. The third-order valence-corrected chi connectivity index (χ3v) is 7.44. The number of fused-ring (bicyclic) bond motifs is 1. The summed E-state index contributed by atoms with van der Waals surface area (Å²) in [6.07, 6.45) is -8.87. The van der Waals surface area contributed by atoms with Gasteiger partial charge in [0.2, 0.25) is 0 Å². The average molecular weight is 787 g/mol. The molecule has 13 nitrogen and oxygen atoms in total. The van der Waals surface area contributed by atoms with Crippen LogP contribution in [0.5, 0.6) is 11.5 Å². The molecule has 2 atom stereocenters. The number of halogens is 6. The van der Waals surface area contributed by atoms with Crippen molar-refractivity contribution in [1.82, 2.24) is 10.3 Å². The minimum atomic E-state index is -5.08. The van der Waals surface area contributed by atoms with E-state index in [9.17, 15) is 41.4 Å². The maximum absolute atomic E-state index is 12.5. The number of carboxylic acid groups (broad SMARTS) is 2. The molecule has 55 heavy (non-hydrogen) atoms. The number of anilines is 2. The summed E-state index contributed by atoms with van der Waals surface area (Å²) in [6.45, 7) is 6.94. The number of rotatable bonds is 14. The number of carbonyl (C=O) groups is 3. The summed E-state index contributed by atoms with van der Waals surface area (Å²) < 4.78 is 75.1. The Bertz CT molecular complexity index is 1870. The zero-order valence-corrected chi connectivity index (χ0v) is 29.7. The van der Waals surface area contributed by atoms with E-state index in [1.807, 2.05) is 75.4 Å². The minimum Gasteiger partial charge on any atom is -0.490 e. The fourth-order valence-corrected chi connectivity index (χ4v) is 4.93. The van der Waals surface area contributed by atoms with Crippen molar-refractivity contribution in [3.05, 3.63) is 89.1 Å². The van der Waals surface area contributed by atoms with Crippen molar-refractivity contribution in [2.45, 2.75) is 58.2 Å². The third kappa shape index (κ3) is 13.3. The van der Waals surface area contributed by atoms with E-state index in [-0.39, 0.29) is 12.2 Å². The Balaban J connectivity index is 0.000000633. The van der Waals surface area contributed by atoms with E-state index in [0.717, 1.165) is 22.4 Å². The number of aliphatic carboxylic acids is 2. The van der Waals surface area contributed by atoms with Crippen LogP contribution < -0.4 is 25.8 Å². The summed E-state index contributed by atoms with van der Waals surface area (Å²) in [5.41, 5.74) is 10.7. The Morgan fingerprint density at radius 2 is 1.40 bits per heavy atom. The standard InChI is InChI=1S/C32H38N4O5.2C2HF3O2/c1-4-22-21(17-34-27(19-37)31(38)20-11-8-7-9-12-20)13-10-14-25(22)36-30-23-15-28(40-5-2)29(41-6-3)16-26(23)35-18-24(30)32(33)39;2*3-2(4,5)1(6)7/h7-16,18,27,31,34,37-38H,4-6,17,19H2,1-3H3,(H2,33,39)(H,35,36);2*(H,6,7)/t27-,31-;;/m0../s1. The molecule has 8 N–H and O–H groups in total. The van der Waals surface area contributed by atoms with Crippen LogP contribution in [0.2, 0.25) is 0 Å². The molecule has 1 aromatic heterocycles. The van der Waals surface area contributed by atoms with Crippen molar-refractivity contribution in [3.8, 4) is 11.5 Å². The number of nitrogens with zero attached hydrogens (tertiary/aromatic N) is 1. The van der Waals surface area contributed by atoms with Gasteiger partial charge in [-0.2, -0.15) is 26.3 Å². The highest BCUT2D eigenvalue weighted by Gasteiger charge is 2.39. The van der Waals surface area contributed by atoms with Gasteiger partial charge in [-0.15, -0.1) is 0 Å². The Morgan fingerprint density at radius 3 is 1.87 bits per heavy atom. The SMILES string of the molecule is CCOc1cc2ncc(C(N)=O)c(Nc3cccc(CN[C@@H](CO)[C@@H](O)c4ccccc4)c3CC)c2cc1OCC.O=C(O)C(F)(F)F.O=C(O)C(F)(F)F. The molecule has 1 amide bonds. The molecule has 300 valence electrons. The maximum atomic E-state index is 12.5. The summed E-state index contributed by atoms with van der Waals surface area (Å²) in [4.78, 5) is 34.7. The van der Waals surface area contributed by atoms with Gasteiger partial charge in [0.1, 0.15) is 0 Å². The number of benzene rings is 3. The smallest absolute Gasteiger partial charge is 0.490 e. The summed E-state index contributed by atoms with van der Waals surface area (Å²) in [5.74, 6) is -5.00. The number of aromatic nitrogens is 1. The van der Waals surface area contributed by atoms with Gasteiger partial charge in [0, 0.05) is 29.9 Å². The van der Waals surface area contributed by atoms with Crippen LogP contribution in [0.3, 0.4) is 0 Å². The van der Waals surface area contributed by atoms with Crippen molar-refractivity contribution in [2.75, 3.05) is 25.1 Å². The number of aliphatic hydroxyl groups is 2. The number of nitrogens with two attached hydrogens (primary N) is 1. The van der Waals surface area contributed by atoms with Gasteiger partial charge in [0.05, 0.1) is 48.7 Å². The number of aliphatic hydroxyl groups excluding tert-OH is 2. The third-order valence-electron chi connectivity index (χ3n) is 7.44. The van der Waals surface area contributed by atoms with Crippen molar-refractivity contribution in [2.24, 2.45) is 5.73 Å². The molecule has 0 aliphatic carbocycles. The quantitative estimate of drug-likeness (QED) is 0.0746. The predicted octanol–water partition coefficient (Wildman–Crippen LogP) is 5.89. The normalized spacial score (nSPS) is 12.3. The number of pyridine rings is 1. The first-order valence-corrected chi connectivity index (χ1v) is 16.4. The topological polar surface area (TPSA) is 214 Å². The Kier molecular flexibility index (Phi) is 17.1. The first-order chi connectivity index (χ1) is 25.8. The lowest BCUT2D eigenvalue weighted by atomic mass is 9.99. The van der Waals surface area contributed by atoms with E-state index in [2.05, 4.69) is 15.6 Å². The highest BCUT2D eigenvalue weighted by atomic mass is 19.4. The van der Waals surface area contributed by atoms with Crippen LogP contribution in [0, 0.1) is 0 Å². The number of carbonyl (C=O) groups excluding carboxylic acids is 1. The maximum Gasteiger partial charge on any atom is 0.490 e. The van der Waals surface area contributed by atoms with E-state index in [4.69, 9.17) is 35.0 Å². The molecule has 0 saturated heterocycles. The Morgan fingerprint density at radius 1 is 0.855 bits per heavy atom. The van der Waals surface area contributed by atoms with Crippen molar-refractivity contribution in [3.63, 3.8) is 0 Å². The predicted molar refractivity (Wildman–Crippen MR) is 188 cm³/mol. The molecule has 0 saturated carbocycles. The number of hydrogen-bond acceptors (Lipinski definition) is 10. The molecule has 0 aliphatic heterocycles. The van der Waals surface area contributed by atoms with Crippen LogP contribution in [-0.4, -0.2) is 81.5 Å². The monoisotopic (exact) mass is 786 g/mol. The molecule has 0 spiro atoms. The van der Waals surface area contributed by atoms with Crippen LogP contribution in [-0.2, 0) is 22.6 Å². The van der Waals surface area contributed by atoms with Gasteiger partial charge in [-0.3, -0.25) is 9.78 Å². The van der Waals surface area contributed by atoms with Gasteiger partial charge in [0.25, 0.3) is 5.91 Å². The van der Waals surface area contributed by atoms with E-state index in [1.165, 1.54) is 6.20 Å². The zero-order valence-electron chi connectivity index (χ0n) is 29.7. The highest BCUT2D eigenvalue weighted by Crippen LogP contribution is 2.38. The molecular weight excluding hydrogens is 746 g/mol. The summed E-state index contributed by atoms with van der Waals surface area (Å²) in [6, 6.07) is 18.2. The van der Waals surface area contributed by atoms with Crippen LogP contribution in [0.25, 0.3) is 10.9 Å². The molecule has 4 rings (SSSR count). The molecule has 0 bridgehead atoms. The second-order valence-electron chi connectivity index (χ2n) is 11.1. The summed E-state index contributed by atoms with van der Waals surface area (Å²) in [7, 11) is 0. The molecule has 3 aromatic carbocycles. The molecule has 0 fully saturated rings. The Hall–Kier alpha value is -5.66. The minimum absolute atomic E-state index is 0.230. The molecule has 4 aromatic rings. The lowest BCUT2D eigenvalue weighted by Crippen LogP contribution is -2.37. The number of alkyl halides is 6. The van der Waals surface area contributed by atoms with Gasteiger partial charge >= 0.3 is 24.3 Å². The number of hydrogen-bond donors (Lipinski definition) is 7. The van der Waals surface area contributed by atoms with E-state index >= 15 is 0 Å². The number of ether oxygens (including phenoxy) is 2. The lowest BCUT2D eigenvalue weighted by Gasteiger charge is -2.24. The number of nitrogens with one attached hydrogen (secondary N) is 2. The van der Waals surface area contributed by atoms with Crippen molar-refractivity contribution >= 4 is 40.1 Å². The molecular formula is C36H40F6N4O9. The van der Waals surface area contributed by atoms with E-state index in [0.29, 0.717) is 54.3 Å². The van der Waals surface area contributed by atoms with Crippen LogP contribution in [0.4, 0.5) is 37.7 Å². The van der Waals surface area contributed by atoms with Crippen LogP contribution >= 0.6 is 0 Å². The molecule has 0 radical (unpaired) electrons. The first kappa shape index (κ1) is 45.5. The van der Waals surface area contributed by atoms with Gasteiger partial charge in [-0.1, -0.05) is 49.4 Å². The summed E-state index contributed by atoms with van der Waals surface area (Å²) in [5, 5.41) is 42.5. The fraction of sp³-hybridized carbons (Fsp3) is 0.333. The second kappa shape index (κ2) is 20.7. The van der Waals surface area contributed by atoms with E-state index < -0.39 is 42.3 Å². The average Bonchev–Trinajstić information content (AvgIpc) is 3.12. The Labute approximate surface area is 310 Å². The van der Waals surface area contributed by atoms with Gasteiger partial charge in [0.15, 0.2) is 11.5 Å². The number of amides is 1. The molecule has 0 unspecified atom stereocenters. The summed E-state index contributed by atoms with van der Waals surface area (Å²) >= 11 is 0. The largest absolute Gasteiger partial charge is 0.490 e. The van der Waals surface area contributed by atoms with Gasteiger partial charge < -0.3 is 46.3 Å². The van der Waals surface area contributed by atoms with Crippen LogP contribution in [0.1, 0.15) is 53.9 Å².